The zero-order chi connectivity index (χ0) is 19.4. The number of carbonyl (C=O) groups is 2. The molecule has 1 aliphatic heterocycles. The maximum atomic E-state index is 13.2. The molecule has 1 unspecified atom stereocenters. The van der Waals surface area contributed by atoms with Crippen molar-refractivity contribution < 1.29 is 14.5 Å². The second-order valence-corrected chi connectivity index (χ2v) is 8.09. The van der Waals surface area contributed by atoms with Gasteiger partial charge >= 0.3 is 0 Å². The third kappa shape index (κ3) is 4.64. The number of halogens is 1. The summed E-state index contributed by atoms with van der Waals surface area (Å²) >= 11 is 7.82. The topological polar surface area (TPSA) is 53.9 Å². The van der Waals surface area contributed by atoms with Crippen LogP contribution in [0, 0.1) is 0 Å². The van der Waals surface area contributed by atoms with E-state index in [2.05, 4.69) is 5.32 Å². The van der Waals surface area contributed by atoms with E-state index in [1.165, 1.54) is 0 Å². The lowest BCUT2D eigenvalue weighted by Gasteiger charge is -2.31. The molecule has 27 heavy (non-hydrogen) atoms. The van der Waals surface area contributed by atoms with Gasteiger partial charge in [-0.05, 0) is 36.8 Å². The number of hydrogen-bond acceptors (Lipinski definition) is 3. The first kappa shape index (κ1) is 19.7. The molecule has 0 aliphatic carbocycles. The van der Waals surface area contributed by atoms with Gasteiger partial charge in [-0.2, -0.15) is 0 Å². The second kappa shape index (κ2) is 8.78. The lowest BCUT2D eigenvalue weighted by Crippen LogP contribution is -3.11. The maximum absolute atomic E-state index is 13.2. The van der Waals surface area contributed by atoms with Gasteiger partial charge in [0.2, 0.25) is 0 Å². The van der Waals surface area contributed by atoms with Crippen LogP contribution in [0.3, 0.4) is 0 Å². The summed E-state index contributed by atoms with van der Waals surface area (Å²) in [7, 11) is 1.85. The molecule has 0 radical (unpaired) electrons. The molecule has 5 nitrogen and oxygen atoms in total. The highest BCUT2D eigenvalue weighted by Gasteiger charge is 2.30. The third-order valence-corrected chi connectivity index (χ3v) is 5.59. The molecule has 1 atom stereocenters. The number of hydrogen-bond donors (Lipinski definition) is 2. The van der Waals surface area contributed by atoms with Crippen LogP contribution in [-0.2, 0) is 9.59 Å². The molecule has 1 heterocycles. The second-order valence-electron chi connectivity index (χ2n) is 6.57. The van der Waals surface area contributed by atoms with Crippen molar-refractivity contribution in [2.45, 2.75) is 23.1 Å². The normalized spacial score (nSPS) is 13.5. The van der Waals surface area contributed by atoms with Gasteiger partial charge < -0.3 is 10.2 Å². The number of quaternary nitrogens is 1. The number of amides is 2. The molecule has 0 aromatic heterocycles. The van der Waals surface area contributed by atoms with Crippen LogP contribution in [0.5, 0.6) is 0 Å². The van der Waals surface area contributed by atoms with Gasteiger partial charge in [-0.3, -0.25) is 14.5 Å². The Hall–Kier alpha value is -2.02. The number of carbonyl (C=O) groups excluding carboxylic acids is 2. The highest BCUT2D eigenvalue weighted by molar-refractivity contribution is 7.99. The Morgan fingerprint density at radius 1 is 1.11 bits per heavy atom. The van der Waals surface area contributed by atoms with E-state index in [9.17, 15) is 9.59 Å². The van der Waals surface area contributed by atoms with E-state index in [1.54, 1.807) is 16.7 Å². The Bertz CT molecular complexity index is 859. The van der Waals surface area contributed by atoms with Crippen LogP contribution in [0.25, 0.3) is 0 Å². The summed E-state index contributed by atoms with van der Waals surface area (Å²) in [6.45, 7) is 3.14. The number of nitrogens with zero attached hydrogens (tertiary/aromatic N) is 1. The Morgan fingerprint density at radius 3 is 2.63 bits per heavy atom. The highest BCUT2D eigenvalue weighted by Crippen LogP contribution is 2.48. The third-order valence-electron chi connectivity index (χ3n) is 4.22. The molecule has 2 aromatic rings. The van der Waals surface area contributed by atoms with Crippen LogP contribution in [-0.4, -0.2) is 38.5 Å². The molecule has 0 saturated carbocycles. The van der Waals surface area contributed by atoms with Crippen LogP contribution >= 0.6 is 23.4 Å². The van der Waals surface area contributed by atoms with Crippen LogP contribution < -0.4 is 15.1 Å². The molecule has 0 bridgehead atoms. The largest absolute Gasteiger partial charge is 0.351 e. The Morgan fingerprint density at radius 2 is 1.85 bits per heavy atom. The molecular formula is C20H23ClN3O2S+. The molecule has 1 aliphatic rings. The zero-order valence-electron chi connectivity index (χ0n) is 15.4. The van der Waals surface area contributed by atoms with Crippen molar-refractivity contribution in [2.24, 2.45) is 0 Å². The molecule has 0 spiro atoms. The minimum atomic E-state index is -0.0629. The summed E-state index contributed by atoms with van der Waals surface area (Å²) < 4.78 is 0. The van der Waals surface area contributed by atoms with E-state index in [1.807, 2.05) is 56.4 Å². The Labute approximate surface area is 168 Å². The molecule has 142 valence electrons. The average molecular weight is 405 g/mol. The number of nitrogens with one attached hydrogen (secondary N) is 2. The summed E-state index contributed by atoms with van der Waals surface area (Å²) in [5.41, 5.74) is 1.64. The van der Waals surface area contributed by atoms with Crippen molar-refractivity contribution in [1.29, 1.82) is 0 Å². The lowest BCUT2D eigenvalue weighted by atomic mass is 10.2. The van der Waals surface area contributed by atoms with Crippen molar-refractivity contribution >= 4 is 46.6 Å². The number of benzene rings is 2. The van der Waals surface area contributed by atoms with E-state index >= 15 is 0 Å². The molecule has 2 amide bonds. The molecule has 2 N–H and O–H groups in total. The van der Waals surface area contributed by atoms with Crippen molar-refractivity contribution in [2.75, 3.05) is 31.6 Å². The van der Waals surface area contributed by atoms with E-state index in [4.69, 9.17) is 11.6 Å². The van der Waals surface area contributed by atoms with Gasteiger partial charge in [-0.15, -0.1) is 0 Å². The molecule has 0 fully saturated rings. The predicted molar refractivity (Wildman–Crippen MR) is 109 cm³/mol. The molecule has 3 rings (SSSR count). The monoisotopic (exact) mass is 404 g/mol. The summed E-state index contributed by atoms with van der Waals surface area (Å²) in [4.78, 5) is 29.7. The Kier molecular flexibility index (Phi) is 6.42. The van der Waals surface area contributed by atoms with E-state index < -0.39 is 0 Å². The van der Waals surface area contributed by atoms with Gasteiger partial charge in [0, 0.05) is 21.4 Å². The maximum Gasteiger partial charge on any atom is 0.286 e. The summed E-state index contributed by atoms with van der Waals surface area (Å²) in [6, 6.07) is 13.4. The summed E-state index contributed by atoms with van der Waals surface area (Å²) in [5.74, 6) is -0.104. The quantitative estimate of drug-likeness (QED) is 0.777. The van der Waals surface area contributed by atoms with Gasteiger partial charge in [0.25, 0.3) is 11.8 Å². The summed E-state index contributed by atoms with van der Waals surface area (Å²) in [5, 5.41) is 3.44. The smallest absolute Gasteiger partial charge is 0.286 e. The van der Waals surface area contributed by atoms with Gasteiger partial charge in [0.05, 0.1) is 18.4 Å². The minimum absolute atomic E-state index is 0.0415. The minimum Gasteiger partial charge on any atom is -0.351 e. The van der Waals surface area contributed by atoms with Crippen molar-refractivity contribution in [3.8, 4) is 0 Å². The van der Waals surface area contributed by atoms with Crippen LogP contribution in [0.4, 0.5) is 11.4 Å². The molecule has 2 aromatic carbocycles. The van der Waals surface area contributed by atoms with Gasteiger partial charge in [0.15, 0.2) is 13.1 Å². The number of likely N-dealkylation sites (N-methyl/N-ethyl adjacent to an activating group) is 1. The fourth-order valence-electron chi connectivity index (χ4n) is 3.00. The highest BCUT2D eigenvalue weighted by atomic mass is 35.5. The average Bonchev–Trinajstić information content (AvgIpc) is 2.64. The first-order valence-corrected chi connectivity index (χ1v) is 10.2. The van der Waals surface area contributed by atoms with Crippen molar-refractivity contribution in [1.82, 2.24) is 5.32 Å². The predicted octanol–water partition coefficient (Wildman–Crippen LogP) is 2.51. The first-order chi connectivity index (χ1) is 13.0. The fraction of sp³-hybridized carbons (Fsp3) is 0.300. The first-order valence-electron chi connectivity index (χ1n) is 8.97. The zero-order valence-corrected chi connectivity index (χ0v) is 17.0. The van der Waals surface area contributed by atoms with E-state index in [0.717, 1.165) is 32.5 Å². The lowest BCUT2D eigenvalue weighted by molar-refractivity contribution is -0.862. The van der Waals surface area contributed by atoms with Crippen LogP contribution in [0.1, 0.15) is 13.3 Å². The van der Waals surface area contributed by atoms with E-state index in [0.29, 0.717) is 11.6 Å². The number of anilines is 2. The van der Waals surface area contributed by atoms with Crippen molar-refractivity contribution in [3.63, 3.8) is 0 Å². The van der Waals surface area contributed by atoms with Crippen molar-refractivity contribution in [3.05, 3.63) is 47.5 Å². The van der Waals surface area contributed by atoms with Gasteiger partial charge in [-0.1, -0.05) is 42.4 Å². The van der Waals surface area contributed by atoms with Gasteiger partial charge in [0.1, 0.15) is 0 Å². The number of rotatable bonds is 6. The molecule has 7 heteroatoms. The van der Waals surface area contributed by atoms with Gasteiger partial charge in [-0.25, -0.2) is 0 Å². The van der Waals surface area contributed by atoms with Crippen LogP contribution in [0.2, 0.25) is 5.02 Å². The standard InChI is InChI=1S/C20H22ClN3O2S/c1-3-10-22-19(25)12-23(2)13-20(26)24-15-6-4-5-7-17(15)27-18-9-8-14(21)11-16(18)24/h4-9,11H,3,10,12-13H2,1-2H3,(H,22,25)/p+1. The van der Waals surface area contributed by atoms with Crippen LogP contribution in [0.15, 0.2) is 52.3 Å². The van der Waals surface area contributed by atoms with E-state index in [-0.39, 0.29) is 24.9 Å². The number of fused-ring (bicyclic) bond motifs is 2. The fourth-order valence-corrected chi connectivity index (χ4v) is 4.20. The summed E-state index contributed by atoms with van der Waals surface area (Å²) in [6.07, 6.45) is 0.892. The molecular weight excluding hydrogens is 382 g/mol. The molecule has 0 saturated heterocycles. The SMILES string of the molecule is CCCNC(=O)C[NH+](C)CC(=O)N1c2ccccc2Sc2ccc(Cl)cc21. The Balaban J connectivity index is 1.82. The number of para-hydroxylation sites is 1.